The topological polar surface area (TPSA) is 94.5 Å². The molecule has 1 unspecified atom stereocenters. The lowest BCUT2D eigenvalue weighted by Crippen LogP contribution is -2.10. The number of hydrogen-bond acceptors (Lipinski definition) is 7. The van der Waals surface area contributed by atoms with Gasteiger partial charge in [0, 0.05) is 47.1 Å². The Hall–Kier alpha value is -4.08. The molecule has 0 saturated heterocycles. The molecule has 5 aromatic rings. The number of nitrogens with zero attached hydrogens (tertiary/aromatic N) is 7. The number of anilines is 1. The Kier molecular flexibility index (Phi) is 3.21. The van der Waals surface area contributed by atoms with Crippen molar-refractivity contribution in [1.29, 1.82) is 0 Å². The number of aromatic nitrogens is 7. The zero-order valence-corrected chi connectivity index (χ0v) is 16.1. The summed E-state index contributed by atoms with van der Waals surface area (Å²) in [6.07, 6.45) is 8.00. The monoisotopic (exact) mass is 414 g/mol. The first-order valence-corrected chi connectivity index (χ1v) is 9.97. The molecule has 1 saturated carbocycles. The molecule has 4 aromatic heterocycles. The molecular weight excluding hydrogens is 399 g/mol. The van der Waals surface area contributed by atoms with Gasteiger partial charge < -0.3 is 10.1 Å². The Morgan fingerprint density at radius 3 is 2.97 bits per heavy atom. The van der Waals surface area contributed by atoms with Crippen molar-refractivity contribution in [3.63, 3.8) is 0 Å². The van der Waals surface area contributed by atoms with Crippen molar-refractivity contribution in [3.05, 3.63) is 66.3 Å². The lowest BCUT2D eigenvalue weighted by Gasteiger charge is -2.14. The van der Waals surface area contributed by atoms with E-state index in [0.29, 0.717) is 35.3 Å². The quantitative estimate of drug-likeness (QED) is 0.483. The van der Waals surface area contributed by atoms with E-state index in [2.05, 4.69) is 30.7 Å². The number of nitrogens with one attached hydrogen (secondary N) is 1. The summed E-state index contributed by atoms with van der Waals surface area (Å²) in [5.41, 5.74) is 4.56. The van der Waals surface area contributed by atoms with Crippen LogP contribution in [0.25, 0.3) is 22.4 Å². The Balaban J connectivity index is 1.28. The number of halogens is 1. The highest BCUT2D eigenvalue weighted by molar-refractivity contribution is 5.85. The van der Waals surface area contributed by atoms with E-state index in [9.17, 15) is 4.39 Å². The molecule has 31 heavy (non-hydrogen) atoms. The first kappa shape index (κ1) is 16.7. The van der Waals surface area contributed by atoms with Gasteiger partial charge in [0.25, 0.3) is 0 Å². The molecule has 1 aliphatic heterocycles. The predicted molar refractivity (Wildman–Crippen MR) is 108 cm³/mol. The van der Waals surface area contributed by atoms with E-state index in [0.717, 1.165) is 28.9 Å². The maximum atomic E-state index is 14.6. The molecule has 2 atom stereocenters. The fourth-order valence-electron chi connectivity index (χ4n) is 4.44. The predicted octanol–water partition coefficient (Wildman–Crippen LogP) is 2.83. The first-order valence-electron chi connectivity index (χ1n) is 9.97. The molecule has 0 radical (unpaired) electrons. The van der Waals surface area contributed by atoms with Crippen LogP contribution in [0.4, 0.5) is 10.3 Å². The van der Waals surface area contributed by atoms with E-state index in [1.165, 1.54) is 6.07 Å². The molecule has 9 nitrogen and oxygen atoms in total. The van der Waals surface area contributed by atoms with Crippen molar-refractivity contribution in [1.82, 2.24) is 34.2 Å². The van der Waals surface area contributed by atoms with E-state index in [-0.39, 0.29) is 11.9 Å². The molecule has 1 fully saturated rings. The molecule has 0 bridgehead atoms. The molecule has 7 rings (SSSR count). The summed E-state index contributed by atoms with van der Waals surface area (Å²) in [4.78, 5) is 4.58. The molecule has 5 heterocycles. The standard InChI is InChI=1S/C21H15FN8O/c22-15-3-4-16-18(12-6-17(12)31-16)14(15)8-24-21-23-7-13(20-28-26-10-30(20)21)11-2-1-5-29-9-25-27-19(11)29/h1-5,7,9-10,12,17H,6,8H2,(H,23,24)/t12-,17?/m0/s1. The van der Waals surface area contributed by atoms with Crippen LogP contribution in [0.15, 0.2) is 49.3 Å². The molecular formula is C21H15FN8O. The summed E-state index contributed by atoms with van der Waals surface area (Å²) < 4.78 is 24.1. The third kappa shape index (κ3) is 2.38. The lowest BCUT2D eigenvalue weighted by atomic mass is 10.0. The number of benzene rings is 1. The van der Waals surface area contributed by atoms with Gasteiger partial charge in [-0.1, -0.05) is 0 Å². The average molecular weight is 414 g/mol. The minimum atomic E-state index is -0.238. The van der Waals surface area contributed by atoms with Gasteiger partial charge in [-0.2, -0.15) is 0 Å². The van der Waals surface area contributed by atoms with Crippen LogP contribution in [0.5, 0.6) is 5.75 Å². The van der Waals surface area contributed by atoms with Crippen molar-refractivity contribution < 1.29 is 9.13 Å². The number of hydrogen-bond donors (Lipinski definition) is 1. The Bertz CT molecular complexity index is 1490. The third-order valence-corrected chi connectivity index (χ3v) is 6.01. The summed E-state index contributed by atoms with van der Waals surface area (Å²) in [6.45, 7) is 0.293. The molecule has 1 aliphatic carbocycles. The Morgan fingerprint density at radius 2 is 2.00 bits per heavy atom. The van der Waals surface area contributed by atoms with Gasteiger partial charge in [0.05, 0.1) is 0 Å². The second-order valence-electron chi connectivity index (χ2n) is 7.79. The van der Waals surface area contributed by atoms with E-state index < -0.39 is 0 Å². The summed E-state index contributed by atoms with van der Waals surface area (Å²) in [5.74, 6) is 1.38. The number of rotatable bonds is 4. The van der Waals surface area contributed by atoms with Crippen molar-refractivity contribution in [3.8, 4) is 16.9 Å². The zero-order chi connectivity index (χ0) is 20.5. The zero-order valence-electron chi connectivity index (χ0n) is 16.1. The molecule has 1 N–H and O–H groups in total. The van der Waals surface area contributed by atoms with Crippen molar-refractivity contribution in [2.24, 2.45) is 0 Å². The highest BCUT2D eigenvalue weighted by atomic mass is 19.1. The number of pyridine rings is 1. The minimum absolute atomic E-state index is 0.206. The van der Waals surface area contributed by atoms with Gasteiger partial charge in [-0.3, -0.25) is 8.80 Å². The van der Waals surface area contributed by atoms with Crippen LogP contribution in [-0.4, -0.2) is 40.3 Å². The second-order valence-corrected chi connectivity index (χ2v) is 7.79. The molecule has 0 spiro atoms. The number of fused-ring (bicyclic) bond motifs is 5. The highest BCUT2D eigenvalue weighted by Gasteiger charge is 2.49. The van der Waals surface area contributed by atoms with Gasteiger partial charge in [-0.05, 0) is 30.7 Å². The molecule has 10 heteroatoms. The van der Waals surface area contributed by atoms with Gasteiger partial charge >= 0.3 is 0 Å². The number of ether oxygens (including phenoxy) is 1. The third-order valence-electron chi connectivity index (χ3n) is 6.01. The molecule has 0 amide bonds. The van der Waals surface area contributed by atoms with Crippen LogP contribution >= 0.6 is 0 Å². The first-order chi connectivity index (χ1) is 15.3. The maximum Gasteiger partial charge on any atom is 0.210 e. The van der Waals surface area contributed by atoms with Gasteiger partial charge in [-0.15, -0.1) is 20.4 Å². The van der Waals surface area contributed by atoms with E-state index in [4.69, 9.17) is 4.74 Å². The normalized spacial score (nSPS) is 18.7. The van der Waals surface area contributed by atoms with Crippen molar-refractivity contribution >= 4 is 17.2 Å². The van der Waals surface area contributed by atoms with Crippen LogP contribution in [0.1, 0.15) is 23.5 Å². The van der Waals surface area contributed by atoms with Gasteiger partial charge in [-0.25, -0.2) is 9.37 Å². The van der Waals surface area contributed by atoms with Gasteiger partial charge in [0.1, 0.15) is 30.3 Å². The largest absolute Gasteiger partial charge is 0.489 e. The fourth-order valence-corrected chi connectivity index (χ4v) is 4.44. The summed E-state index contributed by atoms with van der Waals surface area (Å²) in [7, 11) is 0. The maximum absolute atomic E-state index is 14.6. The Morgan fingerprint density at radius 1 is 1.10 bits per heavy atom. The SMILES string of the molecule is Fc1ccc2c(c1CNc1ncc(-c3cccn4cnnc34)c3nncn13)[C@H]1CC1O2. The van der Waals surface area contributed by atoms with E-state index in [1.54, 1.807) is 29.3 Å². The smallest absolute Gasteiger partial charge is 0.210 e. The van der Waals surface area contributed by atoms with Crippen molar-refractivity contribution in [2.75, 3.05) is 5.32 Å². The average Bonchev–Trinajstić information content (AvgIpc) is 3.19. The minimum Gasteiger partial charge on any atom is -0.489 e. The van der Waals surface area contributed by atoms with Crippen LogP contribution in [0, 0.1) is 5.82 Å². The van der Waals surface area contributed by atoms with Crippen molar-refractivity contribution in [2.45, 2.75) is 25.0 Å². The van der Waals surface area contributed by atoms with E-state index >= 15 is 0 Å². The van der Waals surface area contributed by atoms with Crippen LogP contribution in [0.3, 0.4) is 0 Å². The van der Waals surface area contributed by atoms with E-state index in [1.807, 2.05) is 22.7 Å². The lowest BCUT2D eigenvalue weighted by molar-refractivity contribution is 0.318. The van der Waals surface area contributed by atoms with Crippen LogP contribution < -0.4 is 10.1 Å². The molecule has 2 aliphatic rings. The summed E-state index contributed by atoms with van der Waals surface area (Å²) in [6, 6.07) is 7.04. The molecule has 152 valence electrons. The van der Waals surface area contributed by atoms with Gasteiger partial charge in [0.2, 0.25) is 5.95 Å². The highest BCUT2D eigenvalue weighted by Crippen LogP contribution is 2.55. The van der Waals surface area contributed by atoms with Gasteiger partial charge in [0.15, 0.2) is 11.3 Å². The fraction of sp³-hybridized carbons (Fsp3) is 0.190. The van der Waals surface area contributed by atoms with Crippen LogP contribution in [-0.2, 0) is 6.54 Å². The Labute approximate surface area is 174 Å². The van der Waals surface area contributed by atoms with Crippen LogP contribution in [0.2, 0.25) is 0 Å². The summed E-state index contributed by atoms with van der Waals surface area (Å²) in [5, 5.41) is 19.8. The molecule has 1 aromatic carbocycles. The second kappa shape index (κ2) is 5.97. The summed E-state index contributed by atoms with van der Waals surface area (Å²) >= 11 is 0.